The molecule has 0 fully saturated rings. The van der Waals surface area contributed by atoms with Gasteiger partial charge >= 0.3 is 12.1 Å². The van der Waals surface area contributed by atoms with Crippen LogP contribution in [0.2, 0.25) is 0 Å². The van der Waals surface area contributed by atoms with Gasteiger partial charge in [0, 0.05) is 29.6 Å². The maximum absolute atomic E-state index is 13.1. The second-order valence-electron chi connectivity index (χ2n) is 5.57. The molecule has 0 unspecified atom stereocenters. The number of carbonyl (C=O) groups excluding carboxylic acids is 1. The van der Waals surface area contributed by atoms with Crippen LogP contribution in [0, 0.1) is 0 Å². The number of hydrogen-bond acceptors (Lipinski definition) is 6. The lowest BCUT2D eigenvalue weighted by molar-refractivity contribution is -0.143. The minimum atomic E-state index is -4.64. The average Bonchev–Trinajstić information content (AvgIpc) is 3.06. The second-order valence-corrected chi connectivity index (χ2v) is 6.42. The average molecular weight is 397 g/mol. The van der Waals surface area contributed by atoms with Crippen LogP contribution in [0.4, 0.5) is 24.0 Å². The standard InChI is InChI=1S/C17H14F3N3O3S/c1-3-26-15(25)11-8-27-16(22-11)21-9-4-5-10-12(6-9)23(2)14(7-13(10)24)17(18,19)20/h4-8H,3H2,1-2H3,(H,21,22). The quantitative estimate of drug-likeness (QED) is 0.676. The molecule has 0 saturated carbocycles. The zero-order chi connectivity index (χ0) is 19.8. The van der Waals surface area contributed by atoms with Crippen LogP contribution < -0.4 is 10.7 Å². The maximum Gasteiger partial charge on any atom is 0.431 e. The van der Waals surface area contributed by atoms with E-state index in [2.05, 4.69) is 10.3 Å². The Morgan fingerprint density at radius 1 is 1.33 bits per heavy atom. The van der Waals surface area contributed by atoms with Crippen molar-refractivity contribution < 1.29 is 22.7 Å². The van der Waals surface area contributed by atoms with Gasteiger partial charge < -0.3 is 14.6 Å². The van der Waals surface area contributed by atoms with E-state index in [1.165, 1.54) is 24.6 Å². The molecule has 0 saturated heterocycles. The van der Waals surface area contributed by atoms with E-state index in [1.54, 1.807) is 13.0 Å². The number of hydrogen-bond donors (Lipinski definition) is 1. The van der Waals surface area contributed by atoms with Crippen LogP contribution in [0.25, 0.3) is 10.9 Å². The molecule has 3 aromatic rings. The predicted molar refractivity (Wildman–Crippen MR) is 95.5 cm³/mol. The summed E-state index contributed by atoms with van der Waals surface area (Å²) in [6.07, 6.45) is -4.64. The minimum Gasteiger partial charge on any atom is -0.461 e. The van der Waals surface area contributed by atoms with E-state index in [-0.39, 0.29) is 23.2 Å². The molecule has 0 aliphatic heterocycles. The molecule has 1 N–H and O–H groups in total. The summed E-state index contributed by atoms with van der Waals surface area (Å²) in [6, 6.07) is 5.02. The predicted octanol–water partition coefficient (Wildman–Crippen LogP) is 3.93. The number of aromatic nitrogens is 2. The fourth-order valence-electron chi connectivity index (χ4n) is 2.55. The number of pyridine rings is 1. The van der Waals surface area contributed by atoms with E-state index in [4.69, 9.17) is 4.74 Å². The minimum absolute atomic E-state index is 0.127. The molecule has 2 heterocycles. The molecular weight excluding hydrogens is 383 g/mol. The Morgan fingerprint density at radius 2 is 2.07 bits per heavy atom. The van der Waals surface area contributed by atoms with Crippen LogP contribution in [0.5, 0.6) is 0 Å². The molecule has 0 aliphatic carbocycles. The molecule has 1 aromatic carbocycles. The lowest BCUT2D eigenvalue weighted by atomic mass is 10.1. The van der Waals surface area contributed by atoms with Crippen molar-refractivity contribution >= 4 is 39.0 Å². The normalized spacial score (nSPS) is 11.6. The molecule has 3 rings (SSSR count). The third-order valence-electron chi connectivity index (χ3n) is 3.78. The Balaban J connectivity index is 1.98. The van der Waals surface area contributed by atoms with Gasteiger partial charge in [0.15, 0.2) is 16.3 Å². The van der Waals surface area contributed by atoms with E-state index in [1.807, 2.05) is 0 Å². The van der Waals surface area contributed by atoms with Crippen molar-refractivity contribution in [3.05, 3.63) is 51.3 Å². The molecule has 27 heavy (non-hydrogen) atoms. The molecule has 2 aromatic heterocycles. The van der Waals surface area contributed by atoms with Gasteiger partial charge in [-0.3, -0.25) is 4.79 Å². The zero-order valence-corrected chi connectivity index (χ0v) is 15.1. The van der Waals surface area contributed by atoms with Gasteiger partial charge in [0.2, 0.25) is 0 Å². The van der Waals surface area contributed by atoms with E-state index in [0.29, 0.717) is 16.9 Å². The highest BCUT2D eigenvalue weighted by atomic mass is 32.1. The number of alkyl halides is 3. The van der Waals surface area contributed by atoms with Gasteiger partial charge in [0.05, 0.1) is 12.1 Å². The molecule has 6 nitrogen and oxygen atoms in total. The van der Waals surface area contributed by atoms with Crippen molar-refractivity contribution in [3.8, 4) is 0 Å². The molecule has 0 radical (unpaired) electrons. The summed E-state index contributed by atoms with van der Waals surface area (Å²) in [6.45, 7) is 1.90. The summed E-state index contributed by atoms with van der Waals surface area (Å²) >= 11 is 1.15. The van der Waals surface area contributed by atoms with Crippen LogP contribution in [0.1, 0.15) is 23.1 Å². The number of thiazole rings is 1. The highest BCUT2D eigenvalue weighted by molar-refractivity contribution is 7.14. The van der Waals surface area contributed by atoms with Gasteiger partial charge in [-0.05, 0) is 25.1 Å². The number of halogens is 3. The smallest absolute Gasteiger partial charge is 0.431 e. The second kappa shape index (κ2) is 7.03. The summed E-state index contributed by atoms with van der Waals surface area (Å²) in [5.41, 5.74) is -1.04. The first-order valence-electron chi connectivity index (χ1n) is 7.81. The number of aryl methyl sites for hydroxylation is 1. The first kappa shape index (κ1) is 18.9. The van der Waals surface area contributed by atoms with Crippen molar-refractivity contribution in [2.45, 2.75) is 13.1 Å². The Morgan fingerprint density at radius 3 is 2.74 bits per heavy atom. The van der Waals surface area contributed by atoms with Crippen molar-refractivity contribution in [2.75, 3.05) is 11.9 Å². The molecule has 0 spiro atoms. The Hall–Kier alpha value is -2.88. The topological polar surface area (TPSA) is 73.2 Å². The van der Waals surface area contributed by atoms with Crippen LogP contribution in [0.15, 0.2) is 34.4 Å². The number of carbonyl (C=O) groups is 1. The number of fused-ring (bicyclic) bond motifs is 1. The van der Waals surface area contributed by atoms with E-state index in [9.17, 15) is 22.8 Å². The van der Waals surface area contributed by atoms with Crippen LogP contribution in [0.3, 0.4) is 0 Å². The number of benzene rings is 1. The molecule has 0 bridgehead atoms. The van der Waals surface area contributed by atoms with E-state index in [0.717, 1.165) is 15.9 Å². The lowest BCUT2D eigenvalue weighted by Gasteiger charge is -2.15. The molecule has 0 atom stereocenters. The summed E-state index contributed by atoms with van der Waals surface area (Å²) < 4.78 is 45.1. The monoisotopic (exact) mass is 397 g/mol. The third-order valence-corrected chi connectivity index (χ3v) is 4.54. The largest absolute Gasteiger partial charge is 0.461 e. The number of nitrogens with zero attached hydrogens (tertiary/aromatic N) is 2. The first-order valence-corrected chi connectivity index (χ1v) is 8.69. The zero-order valence-electron chi connectivity index (χ0n) is 14.3. The van der Waals surface area contributed by atoms with Gasteiger partial charge in [0.1, 0.15) is 5.69 Å². The Bertz CT molecular complexity index is 1070. The van der Waals surface area contributed by atoms with Crippen molar-refractivity contribution in [1.82, 2.24) is 9.55 Å². The van der Waals surface area contributed by atoms with Crippen LogP contribution in [-0.4, -0.2) is 22.1 Å². The van der Waals surface area contributed by atoms with Gasteiger partial charge in [-0.2, -0.15) is 13.2 Å². The van der Waals surface area contributed by atoms with Gasteiger partial charge in [-0.1, -0.05) is 0 Å². The SMILES string of the molecule is CCOC(=O)c1csc(Nc2ccc3c(=O)cc(C(F)(F)F)n(C)c3c2)n1. The highest BCUT2D eigenvalue weighted by Crippen LogP contribution is 2.31. The van der Waals surface area contributed by atoms with Crippen LogP contribution in [-0.2, 0) is 18.0 Å². The van der Waals surface area contributed by atoms with Crippen molar-refractivity contribution in [1.29, 1.82) is 0 Å². The highest BCUT2D eigenvalue weighted by Gasteiger charge is 2.34. The van der Waals surface area contributed by atoms with E-state index < -0.39 is 23.3 Å². The summed E-state index contributed by atoms with van der Waals surface area (Å²) in [4.78, 5) is 27.7. The Labute approximate surface area is 155 Å². The first-order chi connectivity index (χ1) is 12.7. The molecule has 10 heteroatoms. The van der Waals surface area contributed by atoms with Crippen LogP contribution >= 0.6 is 11.3 Å². The molecule has 0 amide bonds. The number of nitrogens with one attached hydrogen (secondary N) is 1. The summed E-state index contributed by atoms with van der Waals surface area (Å²) in [7, 11) is 1.25. The summed E-state index contributed by atoms with van der Waals surface area (Å²) in [5.74, 6) is -0.558. The number of anilines is 2. The molecule has 0 aliphatic rings. The number of ether oxygens (including phenoxy) is 1. The maximum atomic E-state index is 13.1. The van der Waals surface area contributed by atoms with Gasteiger partial charge in [-0.15, -0.1) is 11.3 Å². The summed E-state index contributed by atoms with van der Waals surface area (Å²) in [5, 5.41) is 4.97. The number of esters is 1. The number of rotatable bonds is 4. The van der Waals surface area contributed by atoms with Crippen molar-refractivity contribution in [2.24, 2.45) is 7.05 Å². The molecule has 142 valence electrons. The fourth-order valence-corrected chi connectivity index (χ4v) is 3.25. The van der Waals surface area contributed by atoms with Gasteiger partial charge in [0.25, 0.3) is 0 Å². The fraction of sp³-hybridized carbons (Fsp3) is 0.235. The van der Waals surface area contributed by atoms with Crippen molar-refractivity contribution in [3.63, 3.8) is 0 Å². The Kier molecular flexibility index (Phi) is 4.92. The van der Waals surface area contributed by atoms with E-state index >= 15 is 0 Å². The molecular formula is C17H14F3N3O3S. The third kappa shape index (κ3) is 3.80. The lowest BCUT2D eigenvalue weighted by Crippen LogP contribution is -2.19. The van der Waals surface area contributed by atoms with Gasteiger partial charge in [-0.25, -0.2) is 9.78 Å².